The van der Waals surface area contributed by atoms with Crippen molar-refractivity contribution in [1.82, 2.24) is 19.8 Å². The molecule has 1 saturated heterocycles. The highest BCUT2D eigenvalue weighted by Crippen LogP contribution is 2.30. The summed E-state index contributed by atoms with van der Waals surface area (Å²) in [5, 5.41) is 0. The van der Waals surface area contributed by atoms with Crippen LogP contribution >= 0.6 is 0 Å². The predicted octanol–water partition coefficient (Wildman–Crippen LogP) is 5.30. The Hall–Kier alpha value is -3.41. The molecule has 0 aliphatic carbocycles. The maximum absolute atomic E-state index is 5.28. The lowest BCUT2D eigenvalue weighted by molar-refractivity contribution is 0.104. The van der Waals surface area contributed by atoms with Crippen LogP contribution in [0, 0.1) is 6.92 Å². The topological polar surface area (TPSA) is 44.4 Å². The Morgan fingerprint density at radius 1 is 0.824 bits per heavy atom. The van der Waals surface area contributed by atoms with Crippen LogP contribution in [-0.4, -0.2) is 53.1 Å². The molecule has 1 aliphatic rings. The van der Waals surface area contributed by atoms with Crippen LogP contribution in [-0.2, 0) is 6.54 Å². The van der Waals surface area contributed by atoms with E-state index in [9.17, 15) is 0 Å². The zero-order chi connectivity index (χ0) is 23.3. The van der Waals surface area contributed by atoms with Crippen molar-refractivity contribution in [2.75, 3.05) is 33.3 Å². The van der Waals surface area contributed by atoms with Crippen LogP contribution in [0.15, 0.2) is 84.9 Å². The SMILES string of the molecule is COc1ccc(-c2nc(CN3CCN(C(c4ccccc4)c4ccccc4)CC3)c(C)[nH]2)cc1. The van der Waals surface area contributed by atoms with Crippen molar-refractivity contribution in [3.8, 4) is 17.1 Å². The van der Waals surface area contributed by atoms with Gasteiger partial charge in [0.05, 0.1) is 18.8 Å². The Kier molecular flexibility index (Phi) is 6.74. The number of methoxy groups -OCH3 is 1. The minimum Gasteiger partial charge on any atom is -0.497 e. The molecule has 0 saturated carbocycles. The first kappa shape index (κ1) is 22.4. The van der Waals surface area contributed by atoms with Gasteiger partial charge in [0, 0.05) is 44.0 Å². The van der Waals surface area contributed by atoms with Gasteiger partial charge in [-0.3, -0.25) is 9.80 Å². The van der Waals surface area contributed by atoms with Gasteiger partial charge in [0.25, 0.3) is 0 Å². The molecule has 0 bridgehead atoms. The summed E-state index contributed by atoms with van der Waals surface area (Å²) in [5.41, 5.74) is 6.05. The summed E-state index contributed by atoms with van der Waals surface area (Å²) >= 11 is 0. The largest absolute Gasteiger partial charge is 0.497 e. The Morgan fingerprint density at radius 3 is 1.97 bits per heavy atom. The number of imidazole rings is 1. The molecular weight excluding hydrogens is 420 g/mol. The van der Waals surface area contributed by atoms with Gasteiger partial charge in [-0.2, -0.15) is 0 Å². The summed E-state index contributed by atoms with van der Waals surface area (Å²) in [4.78, 5) is 13.5. The van der Waals surface area contributed by atoms with E-state index < -0.39 is 0 Å². The molecule has 2 heterocycles. The fraction of sp³-hybridized carbons (Fsp3) is 0.276. The number of rotatable bonds is 7. The first-order valence-electron chi connectivity index (χ1n) is 12.0. The molecule has 1 aliphatic heterocycles. The van der Waals surface area contributed by atoms with Gasteiger partial charge in [-0.1, -0.05) is 60.7 Å². The average Bonchev–Trinajstić information content (AvgIpc) is 3.26. The highest BCUT2D eigenvalue weighted by atomic mass is 16.5. The molecule has 0 unspecified atom stereocenters. The Bertz CT molecular complexity index is 1140. The smallest absolute Gasteiger partial charge is 0.137 e. The van der Waals surface area contributed by atoms with Crippen molar-refractivity contribution in [3.05, 3.63) is 107 Å². The van der Waals surface area contributed by atoms with E-state index >= 15 is 0 Å². The van der Waals surface area contributed by atoms with Crippen LogP contribution < -0.4 is 4.74 Å². The third-order valence-electron chi connectivity index (χ3n) is 6.73. The molecule has 0 atom stereocenters. The second-order valence-corrected chi connectivity index (χ2v) is 8.92. The summed E-state index contributed by atoms with van der Waals surface area (Å²) in [6, 6.07) is 30.1. The molecule has 3 aromatic carbocycles. The summed E-state index contributed by atoms with van der Waals surface area (Å²) in [6.07, 6.45) is 0. The third kappa shape index (κ3) is 4.91. The first-order chi connectivity index (χ1) is 16.7. The summed E-state index contributed by atoms with van der Waals surface area (Å²) in [6.45, 7) is 7.10. The summed E-state index contributed by atoms with van der Waals surface area (Å²) in [7, 11) is 1.69. The predicted molar refractivity (Wildman–Crippen MR) is 137 cm³/mol. The minimum absolute atomic E-state index is 0.290. The molecule has 0 radical (unpaired) electrons. The number of benzene rings is 3. The molecule has 5 nitrogen and oxygen atoms in total. The maximum Gasteiger partial charge on any atom is 0.137 e. The zero-order valence-corrected chi connectivity index (χ0v) is 19.9. The maximum atomic E-state index is 5.28. The number of aromatic amines is 1. The van der Waals surface area contributed by atoms with Gasteiger partial charge in [0.15, 0.2) is 0 Å². The number of H-pyrrole nitrogens is 1. The van der Waals surface area contributed by atoms with E-state index in [0.717, 1.165) is 61.2 Å². The Balaban J connectivity index is 1.26. The number of piperazine rings is 1. The normalized spacial score (nSPS) is 15.0. The monoisotopic (exact) mass is 452 g/mol. The van der Waals surface area contributed by atoms with E-state index in [-0.39, 0.29) is 0 Å². The van der Waals surface area contributed by atoms with Crippen LogP contribution in [0.2, 0.25) is 0 Å². The lowest BCUT2D eigenvalue weighted by Crippen LogP contribution is -2.47. The van der Waals surface area contributed by atoms with Gasteiger partial charge >= 0.3 is 0 Å². The van der Waals surface area contributed by atoms with Crippen molar-refractivity contribution in [1.29, 1.82) is 0 Å². The quantitative estimate of drug-likeness (QED) is 0.413. The van der Waals surface area contributed by atoms with Crippen LogP contribution in [0.1, 0.15) is 28.6 Å². The third-order valence-corrected chi connectivity index (χ3v) is 6.73. The van der Waals surface area contributed by atoms with E-state index in [4.69, 9.17) is 9.72 Å². The van der Waals surface area contributed by atoms with Gasteiger partial charge in [-0.25, -0.2) is 4.98 Å². The van der Waals surface area contributed by atoms with Gasteiger partial charge in [-0.05, 0) is 42.3 Å². The number of aromatic nitrogens is 2. The van der Waals surface area contributed by atoms with Crippen LogP contribution in [0.25, 0.3) is 11.4 Å². The lowest BCUT2D eigenvalue weighted by atomic mass is 9.96. The number of nitrogens with one attached hydrogen (secondary N) is 1. The van der Waals surface area contributed by atoms with Gasteiger partial charge < -0.3 is 9.72 Å². The van der Waals surface area contributed by atoms with Gasteiger partial charge in [0.2, 0.25) is 0 Å². The van der Waals surface area contributed by atoms with Gasteiger partial charge in [0.1, 0.15) is 11.6 Å². The number of nitrogens with zero attached hydrogens (tertiary/aromatic N) is 3. The molecule has 1 N–H and O–H groups in total. The number of hydrogen-bond donors (Lipinski definition) is 1. The van der Waals surface area contributed by atoms with Crippen LogP contribution in [0.3, 0.4) is 0 Å². The number of ether oxygens (including phenoxy) is 1. The first-order valence-corrected chi connectivity index (χ1v) is 12.0. The Labute approximate surface area is 202 Å². The molecule has 4 aromatic rings. The molecule has 174 valence electrons. The number of aryl methyl sites for hydroxylation is 1. The minimum atomic E-state index is 0.290. The second-order valence-electron chi connectivity index (χ2n) is 8.92. The number of hydrogen-bond acceptors (Lipinski definition) is 4. The molecule has 34 heavy (non-hydrogen) atoms. The highest BCUT2D eigenvalue weighted by molar-refractivity contribution is 5.57. The fourth-order valence-electron chi connectivity index (χ4n) is 4.81. The van der Waals surface area contributed by atoms with Crippen molar-refractivity contribution in [2.24, 2.45) is 0 Å². The molecule has 1 fully saturated rings. The summed E-state index contributed by atoms with van der Waals surface area (Å²) in [5.74, 6) is 1.77. The zero-order valence-electron chi connectivity index (χ0n) is 19.9. The van der Waals surface area contributed by atoms with E-state index in [1.807, 2.05) is 24.3 Å². The molecule has 5 heteroatoms. The van der Waals surface area contributed by atoms with Crippen molar-refractivity contribution in [2.45, 2.75) is 19.5 Å². The molecule has 5 rings (SSSR count). The van der Waals surface area contributed by atoms with E-state index in [0.29, 0.717) is 6.04 Å². The van der Waals surface area contributed by atoms with Crippen molar-refractivity contribution < 1.29 is 4.74 Å². The molecule has 1 aromatic heterocycles. The molecular formula is C29H32N4O. The van der Waals surface area contributed by atoms with Crippen LogP contribution in [0.5, 0.6) is 5.75 Å². The van der Waals surface area contributed by atoms with Crippen molar-refractivity contribution >= 4 is 0 Å². The van der Waals surface area contributed by atoms with E-state index in [1.54, 1.807) is 7.11 Å². The lowest BCUT2D eigenvalue weighted by Gasteiger charge is -2.39. The van der Waals surface area contributed by atoms with Crippen molar-refractivity contribution in [3.63, 3.8) is 0 Å². The van der Waals surface area contributed by atoms with Crippen LogP contribution in [0.4, 0.5) is 0 Å². The van der Waals surface area contributed by atoms with E-state index in [2.05, 4.69) is 82.4 Å². The highest BCUT2D eigenvalue weighted by Gasteiger charge is 2.27. The standard InChI is InChI=1S/C29H32N4O/c1-22-27(31-29(30-22)25-13-15-26(34-2)16-14-25)21-32-17-19-33(20-18-32)28(23-9-5-3-6-10-23)24-11-7-4-8-12-24/h3-16,28H,17-21H2,1-2H3,(H,30,31). The fourth-order valence-corrected chi connectivity index (χ4v) is 4.81. The molecule has 0 spiro atoms. The Morgan fingerprint density at radius 2 is 1.41 bits per heavy atom. The van der Waals surface area contributed by atoms with E-state index in [1.165, 1.54) is 11.1 Å². The average molecular weight is 453 g/mol. The van der Waals surface area contributed by atoms with Gasteiger partial charge in [-0.15, -0.1) is 0 Å². The molecule has 0 amide bonds. The second kappa shape index (κ2) is 10.2. The summed E-state index contributed by atoms with van der Waals surface area (Å²) < 4.78 is 5.28.